The summed E-state index contributed by atoms with van der Waals surface area (Å²) >= 11 is 0. The van der Waals surface area contributed by atoms with E-state index in [2.05, 4.69) is 5.32 Å². The average molecular weight is 394 g/mol. The van der Waals surface area contributed by atoms with Crippen LogP contribution in [0.2, 0.25) is 0 Å². The van der Waals surface area contributed by atoms with Crippen LogP contribution in [0.3, 0.4) is 0 Å². The van der Waals surface area contributed by atoms with E-state index in [-0.39, 0.29) is 25.2 Å². The molecule has 0 aliphatic rings. The fourth-order valence-corrected chi connectivity index (χ4v) is 3.37. The molecule has 0 aliphatic carbocycles. The molecule has 2 rings (SSSR count). The summed E-state index contributed by atoms with van der Waals surface area (Å²) in [5.41, 5.74) is 1.00. The lowest BCUT2D eigenvalue weighted by molar-refractivity contribution is -0.116. The van der Waals surface area contributed by atoms with Gasteiger partial charge < -0.3 is 10.1 Å². The van der Waals surface area contributed by atoms with Crippen molar-refractivity contribution in [2.75, 3.05) is 31.8 Å². The van der Waals surface area contributed by atoms with Crippen molar-refractivity contribution >= 4 is 21.6 Å². The van der Waals surface area contributed by atoms with Gasteiger partial charge in [-0.05, 0) is 36.2 Å². The number of nitrogens with one attached hydrogen (secondary N) is 1. The lowest BCUT2D eigenvalue weighted by Crippen LogP contribution is -2.34. The van der Waals surface area contributed by atoms with Gasteiger partial charge in [0.1, 0.15) is 11.6 Å². The Balaban J connectivity index is 1.94. The summed E-state index contributed by atoms with van der Waals surface area (Å²) in [5.74, 6) is -0.290. The van der Waals surface area contributed by atoms with Crippen molar-refractivity contribution in [2.45, 2.75) is 12.8 Å². The maximum atomic E-state index is 13.6. The zero-order valence-corrected chi connectivity index (χ0v) is 16.1. The van der Waals surface area contributed by atoms with Crippen LogP contribution in [-0.4, -0.2) is 45.1 Å². The Morgan fingerprint density at radius 3 is 2.56 bits per heavy atom. The first-order valence-electron chi connectivity index (χ1n) is 8.42. The maximum Gasteiger partial charge on any atom is 0.225 e. The highest BCUT2D eigenvalue weighted by atomic mass is 32.2. The molecular formula is C19H23FN2O4S. The Morgan fingerprint density at radius 1 is 1.15 bits per heavy atom. The Labute approximate surface area is 159 Å². The molecule has 1 N–H and O–H groups in total. The lowest BCUT2D eigenvalue weighted by Gasteiger charge is -2.20. The van der Waals surface area contributed by atoms with Gasteiger partial charge in [-0.2, -0.15) is 0 Å². The van der Waals surface area contributed by atoms with Gasteiger partial charge >= 0.3 is 0 Å². The minimum Gasteiger partial charge on any atom is -0.497 e. The fourth-order valence-electron chi connectivity index (χ4n) is 2.53. The largest absolute Gasteiger partial charge is 0.497 e. The second-order valence-corrected chi connectivity index (χ2v) is 8.02. The fraction of sp³-hybridized carbons (Fsp3) is 0.316. The van der Waals surface area contributed by atoms with Gasteiger partial charge in [-0.1, -0.05) is 24.3 Å². The standard InChI is InChI=1S/C19H23FN2O4S/c1-26-16-7-5-6-15(14-16)10-12-22(27(2,24)25)13-11-19(23)21-18-9-4-3-8-17(18)20/h3-9,14H,10-13H2,1-2H3,(H,21,23). The number of carbonyl (C=O) groups excluding carboxylic acids is 1. The molecule has 2 aromatic rings. The highest BCUT2D eigenvalue weighted by Crippen LogP contribution is 2.15. The van der Waals surface area contributed by atoms with Crippen molar-refractivity contribution < 1.29 is 22.3 Å². The molecule has 0 radical (unpaired) electrons. The van der Waals surface area contributed by atoms with Gasteiger partial charge in [0.05, 0.1) is 19.1 Å². The zero-order valence-electron chi connectivity index (χ0n) is 15.3. The van der Waals surface area contributed by atoms with E-state index in [9.17, 15) is 17.6 Å². The summed E-state index contributed by atoms with van der Waals surface area (Å²) in [6, 6.07) is 13.2. The van der Waals surface area contributed by atoms with Crippen LogP contribution >= 0.6 is 0 Å². The smallest absolute Gasteiger partial charge is 0.225 e. The molecule has 0 saturated carbocycles. The first kappa shape index (κ1) is 20.9. The average Bonchev–Trinajstić information content (AvgIpc) is 2.62. The second kappa shape index (κ2) is 9.48. The van der Waals surface area contributed by atoms with Crippen molar-refractivity contribution in [3.8, 4) is 5.75 Å². The molecule has 0 aromatic heterocycles. The predicted octanol–water partition coefficient (Wildman–Crippen LogP) is 2.67. The van der Waals surface area contributed by atoms with Crippen molar-refractivity contribution in [1.82, 2.24) is 4.31 Å². The summed E-state index contributed by atoms with van der Waals surface area (Å²) in [6.07, 6.45) is 1.52. The molecule has 27 heavy (non-hydrogen) atoms. The topological polar surface area (TPSA) is 75.7 Å². The number of hydrogen-bond acceptors (Lipinski definition) is 4. The Bertz CT molecular complexity index is 887. The first-order valence-corrected chi connectivity index (χ1v) is 10.3. The molecule has 1 amide bonds. The van der Waals surface area contributed by atoms with Gasteiger partial charge in [-0.25, -0.2) is 17.1 Å². The summed E-state index contributed by atoms with van der Waals surface area (Å²) in [4.78, 5) is 12.0. The van der Waals surface area contributed by atoms with Crippen molar-refractivity contribution in [3.05, 3.63) is 59.9 Å². The molecule has 0 atom stereocenters. The molecule has 2 aromatic carbocycles. The number of benzene rings is 2. The van der Waals surface area contributed by atoms with Crippen LogP contribution in [0.1, 0.15) is 12.0 Å². The molecule has 0 fully saturated rings. The second-order valence-electron chi connectivity index (χ2n) is 6.04. The van der Waals surface area contributed by atoms with Gasteiger partial charge in [0.15, 0.2) is 0 Å². The van der Waals surface area contributed by atoms with Gasteiger partial charge in [-0.3, -0.25) is 4.79 Å². The summed E-state index contributed by atoms with van der Waals surface area (Å²) in [6.45, 7) is 0.252. The Kier molecular flexibility index (Phi) is 7.32. The molecule has 0 heterocycles. The minimum absolute atomic E-state index is 0.0170. The highest BCUT2D eigenvalue weighted by Gasteiger charge is 2.18. The predicted molar refractivity (Wildman–Crippen MR) is 103 cm³/mol. The number of anilines is 1. The quantitative estimate of drug-likeness (QED) is 0.710. The number of hydrogen-bond donors (Lipinski definition) is 1. The number of para-hydroxylation sites is 1. The van der Waals surface area contributed by atoms with E-state index in [1.54, 1.807) is 13.2 Å². The molecular weight excluding hydrogens is 371 g/mol. The van der Waals surface area contributed by atoms with Crippen LogP contribution in [-0.2, 0) is 21.2 Å². The Hall–Kier alpha value is -2.45. The number of amides is 1. The Morgan fingerprint density at radius 2 is 1.89 bits per heavy atom. The number of methoxy groups -OCH3 is 1. The summed E-state index contributed by atoms with van der Waals surface area (Å²) in [5, 5.41) is 2.45. The SMILES string of the molecule is COc1cccc(CCN(CCC(=O)Nc2ccccc2F)S(C)(=O)=O)c1. The van der Waals surface area contributed by atoms with E-state index in [1.165, 1.54) is 22.5 Å². The van der Waals surface area contributed by atoms with Crippen molar-refractivity contribution in [2.24, 2.45) is 0 Å². The molecule has 0 bridgehead atoms. The monoisotopic (exact) mass is 394 g/mol. The molecule has 0 unspecified atom stereocenters. The number of sulfonamides is 1. The van der Waals surface area contributed by atoms with E-state index in [0.717, 1.165) is 11.8 Å². The van der Waals surface area contributed by atoms with Crippen molar-refractivity contribution in [3.63, 3.8) is 0 Å². The summed E-state index contributed by atoms with van der Waals surface area (Å²) in [7, 11) is -1.91. The normalized spacial score (nSPS) is 11.4. The van der Waals surface area contributed by atoms with Gasteiger partial charge in [0.2, 0.25) is 15.9 Å². The van der Waals surface area contributed by atoms with Crippen LogP contribution in [0.25, 0.3) is 0 Å². The zero-order chi connectivity index (χ0) is 19.9. The number of carbonyl (C=O) groups is 1. The number of halogens is 1. The van der Waals surface area contributed by atoms with Crippen LogP contribution in [0.4, 0.5) is 10.1 Å². The third kappa shape index (κ3) is 6.65. The number of rotatable bonds is 9. The number of nitrogens with zero attached hydrogens (tertiary/aromatic N) is 1. The van der Waals surface area contributed by atoms with Crippen LogP contribution in [0.5, 0.6) is 5.75 Å². The van der Waals surface area contributed by atoms with Gasteiger partial charge in [0.25, 0.3) is 0 Å². The molecule has 0 saturated heterocycles. The van der Waals surface area contributed by atoms with E-state index in [4.69, 9.17) is 4.74 Å². The van der Waals surface area contributed by atoms with Crippen LogP contribution in [0, 0.1) is 5.82 Å². The number of ether oxygens (including phenoxy) is 1. The third-order valence-corrected chi connectivity index (χ3v) is 5.29. The summed E-state index contributed by atoms with van der Waals surface area (Å²) < 4.78 is 44.0. The molecule has 0 spiro atoms. The van der Waals surface area contributed by atoms with E-state index < -0.39 is 21.7 Å². The maximum absolute atomic E-state index is 13.6. The van der Waals surface area contributed by atoms with Crippen molar-refractivity contribution in [1.29, 1.82) is 0 Å². The van der Waals surface area contributed by atoms with E-state index in [1.807, 2.05) is 24.3 Å². The highest BCUT2D eigenvalue weighted by molar-refractivity contribution is 7.88. The van der Waals surface area contributed by atoms with Crippen LogP contribution < -0.4 is 10.1 Å². The molecule has 146 valence electrons. The lowest BCUT2D eigenvalue weighted by atomic mass is 10.1. The third-order valence-electron chi connectivity index (χ3n) is 3.99. The minimum atomic E-state index is -3.48. The van der Waals surface area contributed by atoms with Gasteiger partial charge in [-0.15, -0.1) is 0 Å². The molecule has 6 nitrogen and oxygen atoms in total. The van der Waals surface area contributed by atoms with E-state index >= 15 is 0 Å². The molecule has 0 aliphatic heterocycles. The molecule has 8 heteroatoms. The van der Waals surface area contributed by atoms with E-state index in [0.29, 0.717) is 12.2 Å². The van der Waals surface area contributed by atoms with Gasteiger partial charge in [0, 0.05) is 19.5 Å². The van der Waals surface area contributed by atoms with Crippen LogP contribution in [0.15, 0.2) is 48.5 Å². The first-order chi connectivity index (χ1) is 12.8.